The highest BCUT2D eigenvalue weighted by atomic mass is 16.2. The van der Waals surface area contributed by atoms with Crippen LogP contribution in [0.2, 0.25) is 0 Å². The van der Waals surface area contributed by atoms with Crippen molar-refractivity contribution in [3.05, 3.63) is 41.7 Å². The van der Waals surface area contributed by atoms with Crippen LogP contribution in [0.4, 0.5) is 0 Å². The minimum Gasteiger partial charge on any atom is -0.304 e. The average Bonchev–Trinajstić information content (AvgIpc) is 2.47. The number of carbonyl (C=O) groups is 2. The third-order valence-electron chi connectivity index (χ3n) is 1.81. The van der Waals surface area contributed by atoms with Gasteiger partial charge in [-0.2, -0.15) is 0 Å². The zero-order chi connectivity index (χ0) is 9.97. The van der Waals surface area contributed by atoms with Crippen LogP contribution >= 0.6 is 0 Å². The van der Waals surface area contributed by atoms with E-state index in [2.05, 4.69) is 10.6 Å². The molecule has 1 heterocycles. The molecule has 2 rings (SSSR count). The van der Waals surface area contributed by atoms with Gasteiger partial charge in [-0.25, -0.2) is 0 Å². The molecule has 4 heteroatoms. The summed E-state index contributed by atoms with van der Waals surface area (Å²) in [6.07, 6.45) is 1.70. The molecule has 1 aromatic carbocycles. The van der Waals surface area contributed by atoms with Gasteiger partial charge in [0.2, 0.25) is 0 Å². The Morgan fingerprint density at radius 2 is 1.50 bits per heavy atom. The van der Waals surface area contributed by atoms with Crippen molar-refractivity contribution in [2.24, 2.45) is 0 Å². The molecule has 0 unspecified atom stereocenters. The number of benzene rings is 1. The van der Waals surface area contributed by atoms with Gasteiger partial charge < -0.3 is 10.6 Å². The molecular formula is C10H8N2O2. The van der Waals surface area contributed by atoms with E-state index in [1.165, 1.54) is 0 Å². The predicted molar refractivity (Wildman–Crippen MR) is 50.7 cm³/mol. The lowest BCUT2D eigenvalue weighted by atomic mass is 10.2. The third-order valence-corrected chi connectivity index (χ3v) is 1.81. The minimum atomic E-state index is -0.618. The second kappa shape index (κ2) is 3.33. The first-order valence-electron chi connectivity index (χ1n) is 4.15. The van der Waals surface area contributed by atoms with Gasteiger partial charge >= 0.3 is 11.8 Å². The van der Waals surface area contributed by atoms with Crippen molar-refractivity contribution in [3.8, 4) is 0 Å². The monoisotopic (exact) mass is 188 g/mol. The Bertz CT molecular complexity index is 391. The highest BCUT2D eigenvalue weighted by molar-refractivity contribution is 6.38. The van der Waals surface area contributed by atoms with E-state index in [1.54, 1.807) is 6.08 Å². The Hall–Kier alpha value is -2.10. The normalized spacial score (nSPS) is 15.0. The number of hydrogen-bond donors (Lipinski definition) is 2. The van der Waals surface area contributed by atoms with E-state index < -0.39 is 11.8 Å². The first-order valence-corrected chi connectivity index (χ1v) is 4.15. The molecule has 1 aliphatic heterocycles. The van der Waals surface area contributed by atoms with Crippen molar-refractivity contribution in [2.45, 2.75) is 0 Å². The Morgan fingerprint density at radius 1 is 0.929 bits per heavy atom. The molecule has 0 radical (unpaired) electrons. The van der Waals surface area contributed by atoms with Crippen LogP contribution in [0.1, 0.15) is 5.56 Å². The van der Waals surface area contributed by atoms with E-state index in [4.69, 9.17) is 0 Å². The minimum absolute atomic E-state index is 0.422. The zero-order valence-corrected chi connectivity index (χ0v) is 7.28. The Labute approximate surface area is 80.6 Å². The number of carbonyl (C=O) groups excluding carboxylic acids is 2. The van der Waals surface area contributed by atoms with Gasteiger partial charge in [0.25, 0.3) is 0 Å². The molecule has 0 atom stereocenters. The molecule has 1 aromatic rings. The second-order valence-corrected chi connectivity index (χ2v) is 2.88. The Kier molecular flexibility index (Phi) is 2.02. The van der Waals surface area contributed by atoms with Gasteiger partial charge in [0.1, 0.15) is 5.82 Å². The van der Waals surface area contributed by atoms with Gasteiger partial charge in [0, 0.05) is 0 Å². The van der Waals surface area contributed by atoms with E-state index >= 15 is 0 Å². The maximum Gasteiger partial charge on any atom is 0.315 e. The molecule has 0 aliphatic carbocycles. The van der Waals surface area contributed by atoms with Crippen LogP contribution in [0.5, 0.6) is 0 Å². The average molecular weight is 188 g/mol. The van der Waals surface area contributed by atoms with Crippen LogP contribution in [0.25, 0.3) is 6.08 Å². The molecule has 1 fully saturated rings. The van der Waals surface area contributed by atoms with Crippen LogP contribution in [0.3, 0.4) is 0 Å². The van der Waals surface area contributed by atoms with Crippen LogP contribution in [0, 0.1) is 0 Å². The lowest BCUT2D eigenvalue weighted by molar-refractivity contribution is -0.135. The van der Waals surface area contributed by atoms with Crippen molar-refractivity contribution in [1.29, 1.82) is 0 Å². The quantitative estimate of drug-likeness (QED) is 0.620. The summed E-state index contributed by atoms with van der Waals surface area (Å²) in [6, 6.07) is 9.41. The molecule has 1 aliphatic rings. The first kappa shape index (κ1) is 8.50. The third kappa shape index (κ3) is 1.64. The zero-order valence-electron chi connectivity index (χ0n) is 7.28. The molecule has 0 bridgehead atoms. The van der Waals surface area contributed by atoms with Gasteiger partial charge in [-0.1, -0.05) is 30.3 Å². The smallest absolute Gasteiger partial charge is 0.304 e. The standard InChI is InChI=1S/C10H8N2O2/c13-9-10(14)12-8(11-9)6-7-4-2-1-3-5-7/h1-6H,(H,11,13)(H,12,14). The molecule has 2 amide bonds. The Morgan fingerprint density at radius 3 is 2.07 bits per heavy atom. The van der Waals surface area contributed by atoms with E-state index in [-0.39, 0.29) is 0 Å². The molecule has 14 heavy (non-hydrogen) atoms. The fraction of sp³-hybridized carbons (Fsp3) is 0. The van der Waals surface area contributed by atoms with Crippen LogP contribution in [-0.2, 0) is 9.59 Å². The number of rotatable bonds is 1. The Balaban J connectivity index is 2.22. The summed E-state index contributed by atoms with van der Waals surface area (Å²) in [7, 11) is 0. The van der Waals surface area contributed by atoms with E-state index in [1.807, 2.05) is 30.3 Å². The maximum absolute atomic E-state index is 10.8. The number of amides is 2. The highest BCUT2D eigenvalue weighted by Crippen LogP contribution is 2.04. The van der Waals surface area contributed by atoms with Crippen LogP contribution in [0.15, 0.2) is 36.2 Å². The van der Waals surface area contributed by atoms with Crippen molar-refractivity contribution >= 4 is 17.9 Å². The molecule has 0 spiro atoms. The number of hydrogen-bond acceptors (Lipinski definition) is 2. The summed E-state index contributed by atoms with van der Waals surface area (Å²) in [5, 5.41) is 4.83. The SMILES string of the molecule is O=C1NC(=Cc2ccccc2)NC1=O. The van der Waals surface area contributed by atoms with Crippen molar-refractivity contribution < 1.29 is 9.59 Å². The fourth-order valence-corrected chi connectivity index (χ4v) is 1.18. The second-order valence-electron chi connectivity index (χ2n) is 2.88. The molecular weight excluding hydrogens is 180 g/mol. The lowest BCUT2D eigenvalue weighted by Gasteiger charge is -1.96. The van der Waals surface area contributed by atoms with E-state index in [9.17, 15) is 9.59 Å². The maximum atomic E-state index is 10.8. The summed E-state index contributed by atoms with van der Waals surface area (Å²) in [5.41, 5.74) is 0.921. The lowest BCUT2D eigenvalue weighted by Crippen LogP contribution is -2.19. The predicted octanol–water partition coefficient (Wildman–Crippen LogP) is 0.231. The van der Waals surface area contributed by atoms with Crippen molar-refractivity contribution in [1.82, 2.24) is 10.6 Å². The summed E-state index contributed by atoms with van der Waals surface area (Å²) >= 11 is 0. The van der Waals surface area contributed by atoms with Gasteiger partial charge in [-0.15, -0.1) is 0 Å². The summed E-state index contributed by atoms with van der Waals surface area (Å²) in [5.74, 6) is -0.814. The largest absolute Gasteiger partial charge is 0.315 e. The number of nitrogens with one attached hydrogen (secondary N) is 2. The van der Waals surface area contributed by atoms with Gasteiger partial charge in [0.05, 0.1) is 0 Å². The van der Waals surface area contributed by atoms with Crippen LogP contribution in [-0.4, -0.2) is 11.8 Å². The fourth-order valence-electron chi connectivity index (χ4n) is 1.18. The van der Waals surface area contributed by atoms with Crippen molar-refractivity contribution in [3.63, 3.8) is 0 Å². The topological polar surface area (TPSA) is 58.2 Å². The summed E-state index contributed by atoms with van der Waals surface area (Å²) in [4.78, 5) is 21.6. The molecule has 2 N–H and O–H groups in total. The highest BCUT2D eigenvalue weighted by Gasteiger charge is 2.23. The molecule has 4 nitrogen and oxygen atoms in total. The first-order chi connectivity index (χ1) is 6.75. The molecule has 0 aromatic heterocycles. The van der Waals surface area contributed by atoms with Crippen LogP contribution < -0.4 is 10.6 Å². The van der Waals surface area contributed by atoms with E-state index in [0.29, 0.717) is 5.82 Å². The van der Waals surface area contributed by atoms with Gasteiger partial charge in [-0.05, 0) is 11.6 Å². The molecule has 70 valence electrons. The van der Waals surface area contributed by atoms with Gasteiger partial charge in [-0.3, -0.25) is 9.59 Å². The van der Waals surface area contributed by atoms with Gasteiger partial charge in [0.15, 0.2) is 0 Å². The molecule has 0 saturated carbocycles. The summed E-state index contributed by atoms with van der Waals surface area (Å²) in [6.45, 7) is 0. The van der Waals surface area contributed by atoms with E-state index in [0.717, 1.165) is 5.56 Å². The summed E-state index contributed by atoms with van der Waals surface area (Å²) < 4.78 is 0. The van der Waals surface area contributed by atoms with Crippen molar-refractivity contribution in [2.75, 3.05) is 0 Å². The molecule has 1 saturated heterocycles.